The van der Waals surface area contributed by atoms with Gasteiger partial charge in [-0.05, 0) is 36.8 Å². The molecule has 0 aliphatic carbocycles. The number of benzene rings is 1. The van der Waals surface area contributed by atoms with Gasteiger partial charge >= 0.3 is 5.97 Å². The van der Waals surface area contributed by atoms with E-state index in [1.807, 2.05) is 0 Å². The van der Waals surface area contributed by atoms with Crippen molar-refractivity contribution in [2.24, 2.45) is 0 Å². The Bertz CT molecular complexity index is 618. The molecule has 0 fully saturated rings. The van der Waals surface area contributed by atoms with E-state index < -0.39 is 11.4 Å². The van der Waals surface area contributed by atoms with Gasteiger partial charge in [-0.3, -0.25) is 4.79 Å². The number of methoxy groups -OCH3 is 2. The lowest BCUT2D eigenvalue weighted by molar-refractivity contribution is -0.143. The monoisotopic (exact) mass is 290 g/mol. The third kappa shape index (κ3) is 2.86. The Morgan fingerprint density at radius 2 is 1.95 bits per heavy atom. The third-order valence-corrected chi connectivity index (χ3v) is 3.60. The van der Waals surface area contributed by atoms with Gasteiger partial charge in [-0.15, -0.1) is 0 Å². The lowest BCUT2D eigenvalue weighted by Crippen LogP contribution is -2.34. The Kier molecular flexibility index (Phi) is 4.21. The van der Waals surface area contributed by atoms with Crippen LogP contribution in [0.4, 0.5) is 0 Å². The fourth-order valence-corrected chi connectivity index (χ4v) is 2.24. The Morgan fingerprint density at radius 1 is 1.24 bits per heavy atom. The zero-order valence-corrected chi connectivity index (χ0v) is 12.3. The number of aliphatic carboxylic acids is 1. The van der Waals surface area contributed by atoms with Crippen molar-refractivity contribution in [1.29, 1.82) is 0 Å². The van der Waals surface area contributed by atoms with Crippen molar-refractivity contribution >= 4 is 5.97 Å². The van der Waals surface area contributed by atoms with Crippen molar-refractivity contribution < 1.29 is 23.8 Å². The summed E-state index contributed by atoms with van der Waals surface area (Å²) in [6.45, 7) is 1.67. The van der Waals surface area contributed by atoms with Crippen LogP contribution in [0.5, 0.6) is 11.5 Å². The number of furan rings is 1. The molecule has 112 valence electrons. The highest BCUT2D eigenvalue weighted by Crippen LogP contribution is 2.35. The van der Waals surface area contributed by atoms with Crippen LogP contribution in [0.2, 0.25) is 0 Å². The summed E-state index contributed by atoms with van der Waals surface area (Å²) in [5, 5.41) is 9.66. The first-order chi connectivity index (χ1) is 10.0. The molecular formula is C16H18O5. The van der Waals surface area contributed by atoms with E-state index in [0.29, 0.717) is 22.8 Å². The summed E-state index contributed by atoms with van der Waals surface area (Å²) >= 11 is 0. The third-order valence-electron chi connectivity index (χ3n) is 3.60. The first-order valence-corrected chi connectivity index (χ1v) is 6.49. The van der Waals surface area contributed by atoms with Gasteiger partial charge in [-0.2, -0.15) is 0 Å². The summed E-state index contributed by atoms with van der Waals surface area (Å²) in [4.78, 5) is 11.8. The molecule has 0 saturated heterocycles. The SMILES string of the molecule is COc1ccc(C(C)(Cc2ccco2)C(=O)O)cc1OC. The maximum Gasteiger partial charge on any atom is 0.314 e. The van der Waals surface area contributed by atoms with Gasteiger partial charge in [0, 0.05) is 6.42 Å². The van der Waals surface area contributed by atoms with E-state index in [0.717, 1.165) is 0 Å². The van der Waals surface area contributed by atoms with E-state index >= 15 is 0 Å². The molecule has 0 radical (unpaired) electrons. The van der Waals surface area contributed by atoms with Crippen molar-refractivity contribution in [3.05, 3.63) is 47.9 Å². The van der Waals surface area contributed by atoms with E-state index in [4.69, 9.17) is 13.9 Å². The summed E-state index contributed by atoms with van der Waals surface area (Å²) in [6, 6.07) is 8.64. The van der Waals surface area contributed by atoms with Gasteiger partial charge in [0.25, 0.3) is 0 Å². The summed E-state index contributed by atoms with van der Waals surface area (Å²) in [6.07, 6.45) is 1.79. The largest absolute Gasteiger partial charge is 0.493 e. The number of carboxylic acids is 1. The molecule has 0 bridgehead atoms. The molecule has 0 amide bonds. The number of hydrogen-bond donors (Lipinski definition) is 1. The summed E-state index contributed by atoms with van der Waals surface area (Å²) in [5.74, 6) is 0.759. The molecule has 1 unspecified atom stereocenters. The minimum Gasteiger partial charge on any atom is -0.493 e. The molecule has 0 aliphatic rings. The zero-order valence-electron chi connectivity index (χ0n) is 12.3. The summed E-state index contributed by atoms with van der Waals surface area (Å²) in [7, 11) is 3.06. The number of carbonyl (C=O) groups is 1. The maximum atomic E-state index is 11.8. The van der Waals surface area contributed by atoms with Crippen molar-refractivity contribution in [2.45, 2.75) is 18.8 Å². The van der Waals surface area contributed by atoms with Crippen molar-refractivity contribution in [1.82, 2.24) is 0 Å². The van der Waals surface area contributed by atoms with E-state index in [1.165, 1.54) is 20.5 Å². The Labute approximate surface area is 123 Å². The lowest BCUT2D eigenvalue weighted by Gasteiger charge is -2.25. The van der Waals surface area contributed by atoms with Crippen LogP contribution in [0.1, 0.15) is 18.2 Å². The maximum absolute atomic E-state index is 11.8. The van der Waals surface area contributed by atoms with E-state index in [2.05, 4.69) is 0 Å². The minimum atomic E-state index is -1.11. The topological polar surface area (TPSA) is 68.9 Å². The first-order valence-electron chi connectivity index (χ1n) is 6.49. The molecule has 0 aliphatic heterocycles. The quantitative estimate of drug-likeness (QED) is 0.886. The molecular weight excluding hydrogens is 272 g/mol. The highest BCUT2D eigenvalue weighted by molar-refractivity contribution is 5.81. The van der Waals surface area contributed by atoms with Crippen LogP contribution in [0, 0.1) is 0 Å². The normalized spacial score (nSPS) is 13.5. The standard InChI is InChI=1S/C16H18O5/c1-16(15(17)18,10-12-5-4-8-21-12)11-6-7-13(19-2)14(9-11)20-3/h4-9H,10H2,1-3H3,(H,17,18). The number of hydrogen-bond acceptors (Lipinski definition) is 4. The van der Waals surface area contributed by atoms with Gasteiger partial charge in [-0.25, -0.2) is 0 Å². The molecule has 2 aromatic rings. The number of rotatable bonds is 6. The fourth-order valence-electron chi connectivity index (χ4n) is 2.24. The minimum absolute atomic E-state index is 0.255. The lowest BCUT2D eigenvalue weighted by atomic mass is 9.78. The second-order valence-electron chi connectivity index (χ2n) is 4.96. The summed E-state index contributed by atoms with van der Waals surface area (Å²) < 4.78 is 15.7. The molecule has 1 aromatic heterocycles. The first kappa shape index (κ1) is 15.0. The molecule has 0 saturated carbocycles. The molecule has 5 heteroatoms. The molecule has 5 nitrogen and oxygen atoms in total. The van der Waals surface area contributed by atoms with Gasteiger partial charge in [0.1, 0.15) is 5.76 Å². The van der Waals surface area contributed by atoms with Gasteiger partial charge in [0.15, 0.2) is 11.5 Å². The van der Waals surface area contributed by atoms with Gasteiger partial charge in [0.2, 0.25) is 0 Å². The Balaban J connectivity index is 2.44. The number of carboxylic acid groups (broad SMARTS) is 1. The van der Waals surface area contributed by atoms with Crippen LogP contribution < -0.4 is 9.47 Å². The molecule has 1 heterocycles. The van der Waals surface area contributed by atoms with Gasteiger partial charge in [0.05, 0.1) is 25.9 Å². The van der Waals surface area contributed by atoms with Crippen LogP contribution in [-0.4, -0.2) is 25.3 Å². The molecule has 1 N–H and O–H groups in total. The molecule has 1 aromatic carbocycles. The van der Waals surface area contributed by atoms with Crippen molar-refractivity contribution in [3.63, 3.8) is 0 Å². The van der Waals surface area contributed by atoms with Crippen molar-refractivity contribution in [3.8, 4) is 11.5 Å². The average molecular weight is 290 g/mol. The second kappa shape index (κ2) is 5.91. The van der Waals surface area contributed by atoms with Gasteiger partial charge < -0.3 is 19.0 Å². The Morgan fingerprint density at radius 3 is 2.48 bits per heavy atom. The highest BCUT2D eigenvalue weighted by Gasteiger charge is 2.37. The Hall–Kier alpha value is -2.43. The average Bonchev–Trinajstić information content (AvgIpc) is 2.98. The summed E-state index contributed by atoms with van der Waals surface area (Å²) in [5.41, 5.74) is -0.485. The van der Waals surface area contributed by atoms with Crippen LogP contribution in [0.3, 0.4) is 0 Å². The van der Waals surface area contributed by atoms with E-state index in [-0.39, 0.29) is 6.42 Å². The zero-order chi connectivity index (χ0) is 15.5. The predicted molar refractivity (Wildman–Crippen MR) is 76.9 cm³/mol. The van der Waals surface area contributed by atoms with Crippen molar-refractivity contribution in [2.75, 3.05) is 14.2 Å². The van der Waals surface area contributed by atoms with Crippen LogP contribution in [0.15, 0.2) is 41.0 Å². The molecule has 1 atom stereocenters. The van der Waals surface area contributed by atoms with Crippen LogP contribution >= 0.6 is 0 Å². The molecule has 21 heavy (non-hydrogen) atoms. The predicted octanol–water partition coefficient (Wildman–Crippen LogP) is 2.88. The van der Waals surface area contributed by atoms with E-state index in [9.17, 15) is 9.90 Å². The molecule has 0 spiro atoms. The number of ether oxygens (including phenoxy) is 2. The molecule has 2 rings (SSSR count). The highest BCUT2D eigenvalue weighted by atomic mass is 16.5. The van der Waals surface area contributed by atoms with Crippen LogP contribution in [0.25, 0.3) is 0 Å². The fraction of sp³-hybridized carbons (Fsp3) is 0.312. The second-order valence-corrected chi connectivity index (χ2v) is 4.96. The van der Waals surface area contributed by atoms with E-state index in [1.54, 1.807) is 37.3 Å². The van der Waals surface area contributed by atoms with Gasteiger partial charge in [-0.1, -0.05) is 6.07 Å². The smallest absolute Gasteiger partial charge is 0.314 e. The van der Waals surface area contributed by atoms with Crippen LogP contribution in [-0.2, 0) is 16.6 Å².